The maximum absolute atomic E-state index is 12.2. The van der Waals surface area contributed by atoms with Gasteiger partial charge in [-0.1, -0.05) is 132 Å². The van der Waals surface area contributed by atoms with E-state index in [9.17, 15) is 10.2 Å². The monoisotopic (exact) mass is 720 g/mol. The molecule has 0 amide bonds. The molecule has 0 aliphatic rings. The summed E-state index contributed by atoms with van der Waals surface area (Å²) in [6.45, 7) is 25.9. The van der Waals surface area contributed by atoms with Crippen molar-refractivity contribution in [3.05, 3.63) is 130 Å². The van der Waals surface area contributed by atoms with E-state index < -0.39 is 6.04 Å². The number of nitrogens with one attached hydrogen (secondary N) is 1. The van der Waals surface area contributed by atoms with E-state index in [4.69, 9.17) is 15.0 Å². The van der Waals surface area contributed by atoms with Crippen molar-refractivity contribution in [2.45, 2.75) is 111 Å². The highest BCUT2D eigenvalue weighted by Crippen LogP contribution is 2.43. The topological polar surface area (TPSA) is 90.6 Å². The Morgan fingerprint density at radius 2 is 1.19 bits per heavy atom. The third kappa shape index (κ3) is 7.84. The lowest BCUT2D eigenvalue weighted by Crippen LogP contribution is -2.21. The van der Waals surface area contributed by atoms with Crippen LogP contribution in [0.2, 0.25) is 0 Å². The molecule has 2 aromatic heterocycles. The Morgan fingerprint density at radius 3 is 1.81 bits per heavy atom. The van der Waals surface area contributed by atoms with Gasteiger partial charge in [0, 0.05) is 39.9 Å². The van der Waals surface area contributed by atoms with Crippen molar-refractivity contribution in [3.8, 4) is 11.5 Å². The van der Waals surface area contributed by atoms with E-state index in [2.05, 4.69) is 125 Å². The molecular weight excluding hydrogens is 665 g/mol. The van der Waals surface area contributed by atoms with Crippen molar-refractivity contribution < 1.29 is 10.2 Å². The number of nitrogens with zero attached hydrogens (tertiary/aromatic N) is 3. The van der Waals surface area contributed by atoms with Crippen molar-refractivity contribution in [2.24, 2.45) is 4.99 Å². The molecule has 0 aliphatic heterocycles. The molecule has 1 atom stereocenters. The summed E-state index contributed by atoms with van der Waals surface area (Å²) < 4.78 is 0. The number of hydrogen-bond donors (Lipinski definition) is 3. The van der Waals surface area contributed by atoms with E-state index in [0.29, 0.717) is 11.3 Å². The number of para-hydroxylation sites is 2. The van der Waals surface area contributed by atoms with E-state index in [1.54, 1.807) is 12.4 Å². The molecular formula is C48H56N4O2. The maximum atomic E-state index is 12.2. The molecule has 1 unspecified atom stereocenters. The molecule has 0 fully saturated rings. The fourth-order valence-electron chi connectivity index (χ4n) is 6.88. The van der Waals surface area contributed by atoms with Crippen LogP contribution in [-0.4, -0.2) is 26.4 Å². The van der Waals surface area contributed by atoms with Gasteiger partial charge in [0.05, 0.1) is 34.1 Å². The van der Waals surface area contributed by atoms with Gasteiger partial charge < -0.3 is 15.5 Å². The van der Waals surface area contributed by atoms with Gasteiger partial charge in [-0.15, -0.1) is 0 Å². The second kappa shape index (κ2) is 13.9. The van der Waals surface area contributed by atoms with Gasteiger partial charge in [-0.25, -0.2) is 4.98 Å². The normalized spacial score (nSPS) is 13.6. The molecule has 0 radical (unpaired) electrons. The summed E-state index contributed by atoms with van der Waals surface area (Å²) in [5, 5.41) is 29.4. The van der Waals surface area contributed by atoms with Crippen molar-refractivity contribution in [3.63, 3.8) is 0 Å². The molecule has 4 aromatic carbocycles. The fourth-order valence-corrected chi connectivity index (χ4v) is 6.88. The molecule has 280 valence electrons. The first-order chi connectivity index (χ1) is 25.1. The van der Waals surface area contributed by atoms with Gasteiger partial charge in [-0.2, -0.15) is 0 Å². The predicted molar refractivity (Wildman–Crippen MR) is 227 cm³/mol. The maximum Gasteiger partial charge on any atom is 0.128 e. The number of rotatable bonds is 6. The van der Waals surface area contributed by atoms with Crippen LogP contribution in [0.3, 0.4) is 0 Å². The number of pyridine rings is 2. The molecule has 2 heterocycles. The van der Waals surface area contributed by atoms with Crippen molar-refractivity contribution in [1.82, 2.24) is 9.97 Å². The largest absolute Gasteiger partial charge is 0.507 e. The summed E-state index contributed by atoms with van der Waals surface area (Å²) in [6.07, 6.45) is 3.56. The number of hydrogen-bond acceptors (Lipinski definition) is 6. The first-order valence-corrected chi connectivity index (χ1v) is 18.9. The molecule has 0 bridgehead atoms. The van der Waals surface area contributed by atoms with E-state index in [1.165, 1.54) is 0 Å². The molecule has 6 aromatic rings. The zero-order valence-electron chi connectivity index (χ0n) is 34.1. The Morgan fingerprint density at radius 1 is 0.611 bits per heavy atom. The van der Waals surface area contributed by atoms with Crippen LogP contribution in [0, 0.1) is 0 Å². The molecule has 0 saturated heterocycles. The van der Waals surface area contributed by atoms with Crippen molar-refractivity contribution >= 4 is 39.4 Å². The number of benzene rings is 4. The minimum Gasteiger partial charge on any atom is -0.507 e. The van der Waals surface area contributed by atoms with E-state index in [-0.39, 0.29) is 33.2 Å². The average Bonchev–Trinajstić information content (AvgIpc) is 3.08. The summed E-state index contributed by atoms with van der Waals surface area (Å²) in [5.74, 6) is 0.489. The Balaban J connectivity index is 1.57. The van der Waals surface area contributed by atoms with E-state index in [1.807, 2.05) is 48.5 Å². The number of aliphatic imine (C=N–C) groups is 1. The quantitative estimate of drug-likeness (QED) is 0.149. The van der Waals surface area contributed by atoms with Crippen LogP contribution in [0.4, 0.5) is 11.4 Å². The highest BCUT2D eigenvalue weighted by atomic mass is 16.3. The number of fused-ring (bicyclic) bond motifs is 2. The molecule has 54 heavy (non-hydrogen) atoms. The Kier molecular flexibility index (Phi) is 9.89. The van der Waals surface area contributed by atoms with Crippen LogP contribution >= 0.6 is 0 Å². The first-order valence-electron chi connectivity index (χ1n) is 18.9. The minimum absolute atomic E-state index is 0.115. The third-order valence-corrected chi connectivity index (χ3v) is 10.2. The average molecular weight is 721 g/mol. The predicted octanol–water partition coefficient (Wildman–Crippen LogP) is 12.3. The first kappa shape index (κ1) is 38.5. The molecule has 6 heteroatoms. The van der Waals surface area contributed by atoms with Gasteiger partial charge in [-0.05, 0) is 74.7 Å². The molecule has 0 spiro atoms. The highest BCUT2D eigenvalue weighted by Gasteiger charge is 2.30. The second-order valence-electron chi connectivity index (χ2n) is 18.7. The number of aromatic nitrogens is 2. The van der Waals surface area contributed by atoms with Gasteiger partial charge in [0.2, 0.25) is 0 Å². The van der Waals surface area contributed by atoms with Crippen LogP contribution < -0.4 is 5.32 Å². The number of phenolic OH excluding ortho intramolecular Hbond substituents is 2. The summed E-state index contributed by atoms with van der Waals surface area (Å²) in [6, 6.07) is 28.0. The minimum atomic E-state index is -0.538. The van der Waals surface area contributed by atoms with Gasteiger partial charge in [0.25, 0.3) is 0 Å². The third-order valence-electron chi connectivity index (χ3n) is 10.2. The molecule has 6 nitrogen and oxygen atoms in total. The zero-order chi connectivity index (χ0) is 39.4. The van der Waals surface area contributed by atoms with E-state index in [0.717, 1.165) is 61.0 Å². The summed E-state index contributed by atoms with van der Waals surface area (Å²) in [4.78, 5) is 15.1. The fraction of sp³-hybridized carbons (Fsp3) is 0.354. The number of anilines is 1. The summed E-state index contributed by atoms with van der Waals surface area (Å²) >= 11 is 0. The van der Waals surface area contributed by atoms with Crippen LogP contribution in [0.25, 0.3) is 21.8 Å². The standard InChI is InChI=1S/C48H56N4O2/c1-45(2,3)32-24-31(43(53)35(26-32)47(7,8)9)28-50-37-19-13-17-30-21-22-39(51-41(30)37)42(52-38-20-14-16-29-18-15-23-49-40(29)38)34-25-33(46(4,5)6)27-36(44(34)54)48(10,11)12/h13-28,42,52-54H,1-12H3. The molecule has 6 rings (SSSR count). The van der Waals surface area contributed by atoms with Crippen molar-refractivity contribution in [2.75, 3.05) is 5.32 Å². The van der Waals surface area contributed by atoms with Gasteiger partial charge in [0.15, 0.2) is 0 Å². The summed E-state index contributed by atoms with van der Waals surface area (Å²) in [7, 11) is 0. The lowest BCUT2D eigenvalue weighted by atomic mass is 9.78. The number of phenols is 2. The Bertz CT molecular complexity index is 2380. The van der Waals surface area contributed by atoms with Gasteiger partial charge in [0.1, 0.15) is 11.5 Å². The molecule has 0 aliphatic carbocycles. The second-order valence-corrected chi connectivity index (χ2v) is 18.7. The van der Waals surface area contributed by atoms with E-state index >= 15 is 0 Å². The Labute approximate surface area is 321 Å². The smallest absolute Gasteiger partial charge is 0.128 e. The summed E-state index contributed by atoms with van der Waals surface area (Å²) in [5.41, 5.74) is 8.39. The lowest BCUT2D eigenvalue weighted by molar-refractivity contribution is 0.436. The van der Waals surface area contributed by atoms with Crippen molar-refractivity contribution in [1.29, 1.82) is 0 Å². The zero-order valence-corrected chi connectivity index (χ0v) is 34.1. The van der Waals surface area contributed by atoms with Crippen LogP contribution in [0.1, 0.15) is 128 Å². The Hall–Kier alpha value is -5.23. The number of aromatic hydroxyl groups is 2. The highest BCUT2D eigenvalue weighted by molar-refractivity contribution is 5.94. The van der Waals surface area contributed by atoms with Gasteiger partial charge in [-0.3, -0.25) is 9.98 Å². The van der Waals surface area contributed by atoms with Crippen LogP contribution in [0.5, 0.6) is 11.5 Å². The van der Waals surface area contributed by atoms with Crippen LogP contribution in [-0.2, 0) is 21.7 Å². The van der Waals surface area contributed by atoms with Crippen LogP contribution in [0.15, 0.2) is 96.1 Å². The lowest BCUT2D eigenvalue weighted by Gasteiger charge is -2.30. The molecule has 0 saturated carbocycles. The molecule has 3 N–H and O–H groups in total. The van der Waals surface area contributed by atoms with Gasteiger partial charge >= 0.3 is 0 Å². The SMILES string of the molecule is CC(C)(C)c1cc(C=Nc2cccc3ccc(C(Nc4cccc5cccnc45)c4cc(C(C)(C)C)cc(C(C)(C)C)c4O)nc23)c(O)c(C(C)(C)C)c1.